The minimum atomic E-state index is 0.649. The van der Waals surface area contributed by atoms with Gasteiger partial charge in [-0.05, 0) is 24.6 Å². The second-order valence-electron chi connectivity index (χ2n) is 4.95. The number of rotatable bonds is 3. The third kappa shape index (κ3) is 3.14. The van der Waals surface area contributed by atoms with Crippen LogP contribution in [0.15, 0.2) is 18.2 Å². The second-order valence-corrected chi connectivity index (χ2v) is 7.24. The van der Waals surface area contributed by atoms with E-state index in [0.29, 0.717) is 17.0 Å². The van der Waals surface area contributed by atoms with Crippen LogP contribution in [0.4, 0.5) is 5.69 Å². The monoisotopic (exact) mass is 284 g/mol. The minimum absolute atomic E-state index is 0.649. The zero-order chi connectivity index (χ0) is 13.1. The van der Waals surface area contributed by atoms with Gasteiger partial charge in [0.25, 0.3) is 0 Å². The Hall–Kier alpha value is -0.380. The van der Waals surface area contributed by atoms with Crippen LogP contribution < -0.4 is 10.6 Å². The Bertz CT molecular complexity index is 401. The molecule has 2 rings (SSSR count). The van der Waals surface area contributed by atoms with Gasteiger partial charge in [-0.15, -0.1) is 0 Å². The van der Waals surface area contributed by atoms with E-state index < -0.39 is 0 Å². The smallest absolute Gasteiger partial charge is 0.0642 e. The fraction of sp³-hybridized carbons (Fsp3) is 0.571. The van der Waals surface area contributed by atoms with Crippen LogP contribution in [-0.2, 0) is 6.42 Å². The first kappa shape index (κ1) is 14.0. The van der Waals surface area contributed by atoms with E-state index in [0.717, 1.165) is 24.5 Å². The molecule has 0 saturated carbocycles. The maximum absolute atomic E-state index is 6.40. The number of hydrogen-bond acceptors (Lipinski definition) is 3. The third-order valence-electron chi connectivity index (χ3n) is 3.22. The maximum Gasteiger partial charge on any atom is 0.0642 e. The van der Waals surface area contributed by atoms with Gasteiger partial charge in [-0.3, -0.25) is 0 Å². The van der Waals surface area contributed by atoms with Crippen LogP contribution in [0.2, 0.25) is 5.02 Å². The van der Waals surface area contributed by atoms with Crippen LogP contribution in [0, 0.1) is 0 Å². The van der Waals surface area contributed by atoms with Crippen molar-refractivity contribution < 1.29 is 0 Å². The average molecular weight is 285 g/mol. The number of nitrogens with zero attached hydrogens (tertiary/aromatic N) is 1. The van der Waals surface area contributed by atoms with Crippen molar-refractivity contribution >= 4 is 29.1 Å². The van der Waals surface area contributed by atoms with Gasteiger partial charge in [0.2, 0.25) is 0 Å². The second kappa shape index (κ2) is 6.18. The number of hydrogen-bond donors (Lipinski definition) is 1. The van der Waals surface area contributed by atoms with Gasteiger partial charge in [0.1, 0.15) is 0 Å². The van der Waals surface area contributed by atoms with Crippen molar-refractivity contribution in [3.63, 3.8) is 0 Å². The van der Waals surface area contributed by atoms with Gasteiger partial charge in [-0.2, -0.15) is 11.8 Å². The largest absolute Gasteiger partial charge is 0.368 e. The first-order chi connectivity index (χ1) is 8.61. The standard InChI is InChI=1S/C14H21ClN2S/c1-10-8-17(9-11(2)18-10)14-12(6-7-16)4-3-5-13(14)15/h3-5,10-11H,6-9,16H2,1-2H3. The highest BCUT2D eigenvalue weighted by molar-refractivity contribution is 8.00. The average Bonchev–Trinajstić information content (AvgIpc) is 2.28. The molecule has 0 bridgehead atoms. The van der Waals surface area contributed by atoms with Crippen LogP contribution in [0.5, 0.6) is 0 Å². The molecule has 1 aromatic carbocycles. The molecule has 0 aliphatic carbocycles. The summed E-state index contributed by atoms with van der Waals surface area (Å²) in [4.78, 5) is 2.43. The number of nitrogens with two attached hydrogens (primary N) is 1. The summed E-state index contributed by atoms with van der Waals surface area (Å²) in [5.74, 6) is 0. The normalized spacial score (nSPS) is 24.3. The van der Waals surface area contributed by atoms with Crippen LogP contribution in [0.1, 0.15) is 19.4 Å². The van der Waals surface area contributed by atoms with Crippen molar-refractivity contribution in [1.29, 1.82) is 0 Å². The highest BCUT2D eigenvalue weighted by Gasteiger charge is 2.25. The predicted molar refractivity (Wildman–Crippen MR) is 82.9 cm³/mol. The Morgan fingerprint density at radius 2 is 2.00 bits per heavy atom. The van der Waals surface area contributed by atoms with E-state index in [-0.39, 0.29) is 0 Å². The van der Waals surface area contributed by atoms with Crippen molar-refractivity contribution in [2.24, 2.45) is 5.73 Å². The lowest BCUT2D eigenvalue weighted by Crippen LogP contribution is -2.41. The first-order valence-electron chi connectivity index (χ1n) is 6.49. The molecule has 2 unspecified atom stereocenters. The lowest BCUT2D eigenvalue weighted by Gasteiger charge is -2.37. The molecule has 0 amide bonds. The Kier molecular flexibility index (Phi) is 4.82. The Balaban J connectivity index is 2.30. The number of anilines is 1. The molecule has 1 aliphatic rings. The van der Waals surface area contributed by atoms with Gasteiger partial charge in [0.15, 0.2) is 0 Å². The Morgan fingerprint density at radius 3 is 2.61 bits per heavy atom. The van der Waals surface area contributed by atoms with Crippen molar-refractivity contribution in [2.45, 2.75) is 30.8 Å². The summed E-state index contributed by atoms with van der Waals surface area (Å²) in [6.45, 7) is 7.37. The van der Waals surface area contributed by atoms with Gasteiger partial charge in [-0.25, -0.2) is 0 Å². The van der Waals surface area contributed by atoms with E-state index in [1.807, 2.05) is 12.1 Å². The van der Waals surface area contributed by atoms with E-state index in [1.54, 1.807) is 0 Å². The SMILES string of the molecule is CC1CN(c2c(Cl)cccc2CCN)CC(C)S1. The highest BCUT2D eigenvalue weighted by atomic mass is 35.5. The quantitative estimate of drug-likeness (QED) is 0.924. The van der Waals surface area contributed by atoms with E-state index >= 15 is 0 Å². The molecule has 4 heteroatoms. The van der Waals surface area contributed by atoms with E-state index in [2.05, 4.69) is 36.6 Å². The van der Waals surface area contributed by atoms with Gasteiger partial charge < -0.3 is 10.6 Å². The molecule has 1 saturated heterocycles. The van der Waals surface area contributed by atoms with Crippen molar-refractivity contribution in [2.75, 3.05) is 24.5 Å². The van der Waals surface area contributed by atoms with Gasteiger partial charge in [0, 0.05) is 23.6 Å². The van der Waals surface area contributed by atoms with Gasteiger partial charge >= 0.3 is 0 Å². The number of halogens is 1. The number of thioether (sulfide) groups is 1. The molecule has 1 heterocycles. The fourth-order valence-electron chi connectivity index (χ4n) is 2.63. The van der Waals surface area contributed by atoms with Gasteiger partial charge in [-0.1, -0.05) is 37.6 Å². The molecule has 0 radical (unpaired) electrons. The summed E-state index contributed by atoms with van der Waals surface area (Å²) in [6, 6.07) is 6.14. The molecule has 18 heavy (non-hydrogen) atoms. The van der Waals surface area contributed by atoms with Crippen LogP contribution >= 0.6 is 23.4 Å². The maximum atomic E-state index is 6.40. The molecule has 1 fully saturated rings. The van der Waals surface area contributed by atoms with Crippen molar-refractivity contribution in [1.82, 2.24) is 0 Å². The Morgan fingerprint density at radius 1 is 1.33 bits per heavy atom. The minimum Gasteiger partial charge on any atom is -0.368 e. The van der Waals surface area contributed by atoms with Crippen molar-refractivity contribution in [3.8, 4) is 0 Å². The van der Waals surface area contributed by atoms with Gasteiger partial charge in [0.05, 0.1) is 10.7 Å². The van der Waals surface area contributed by atoms with E-state index in [9.17, 15) is 0 Å². The molecule has 100 valence electrons. The molecular formula is C14H21ClN2S. The summed E-state index contributed by atoms with van der Waals surface area (Å²) in [6.07, 6.45) is 0.891. The fourth-order valence-corrected chi connectivity index (χ4v) is 4.27. The van der Waals surface area contributed by atoms with Crippen LogP contribution in [0.3, 0.4) is 0 Å². The zero-order valence-corrected chi connectivity index (χ0v) is 12.6. The molecule has 1 aliphatic heterocycles. The van der Waals surface area contributed by atoms with Crippen molar-refractivity contribution in [3.05, 3.63) is 28.8 Å². The number of benzene rings is 1. The molecule has 1 aromatic rings. The molecule has 2 atom stereocenters. The lowest BCUT2D eigenvalue weighted by molar-refractivity contribution is 0.723. The molecule has 0 spiro atoms. The van der Waals surface area contributed by atoms with E-state index in [1.165, 1.54) is 11.3 Å². The Labute approximate surface area is 119 Å². The molecular weight excluding hydrogens is 264 g/mol. The summed E-state index contributed by atoms with van der Waals surface area (Å²) >= 11 is 8.46. The predicted octanol–water partition coefficient (Wildman–Crippen LogP) is 3.17. The molecule has 0 aromatic heterocycles. The summed E-state index contributed by atoms with van der Waals surface area (Å²) in [5, 5.41) is 2.15. The molecule has 2 nitrogen and oxygen atoms in total. The summed E-state index contributed by atoms with van der Waals surface area (Å²) < 4.78 is 0. The van der Waals surface area contributed by atoms with E-state index in [4.69, 9.17) is 17.3 Å². The third-order valence-corrected chi connectivity index (χ3v) is 4.75. The summed E-state index contributed by atoms with van der Waals surface area (Å²) in [5.41, 5.74) is 8.17. The molecule has 2 N–H and O–H groups in total. The highest BCUT2D eigenvalue weighted by Crippen LogP contribution is 2.35. The first-order valence-corrected chi connectivity index (χ1v) is 7.81. The topological polar surface area (TPSA) is 29.3 Å². The zero-order valence-electron chi connectivity index (χ0n) is 11.0. The summed E-state index contributed by atoms with van der Waals surface area (Å²) in [7, 11) is 0. The van der Waals surface area contributed by atoms with Crippen LogP contribution in [-0.4, -0.2) is 30.1 Å². The number of para-hydroxylation sites is 1. The lowest BCUT2D eigenvalue weighted by atomic mass is 10.1. The van der Waals surface area contributed by atoms with Crippen LogP contribution in [0.25, 0.3) is 0 Å².